The number of benzene rings is 2. The van der Waals surface area contributed by atoms with Gasteiger partial charge in [0.05, 0.1) is 12.6 Å². The third kappa shape index (κ3) is 3.39. The van der Waals surface area contributed by atoms with Gasteiger partial charge < -0.3 is 20.1 Å². The van der Waals surface area contributed by atoms with Crippen LogP contribution in [-0.2, 0) is 9.53 Å². The van der Waals surface area contributed by atoms with Crippen molar-refractivity contribution in [3.63, 3.8) is 0 Å². The number of hydrogen-bond donors (Lipinski definition) is 2. The maximum Gasteiger partial charge on any atom is 0.360 e. The number of nitrogens with zero attached hydrogens (tertiary/aromatic N) is 1. The highest BCUT2D eigenvalue weighted by molar-refractivity contribution is 7.80. The third-order valence-corrected chi connectivity index (χ3v) is 5.33. The first-order valence-electron chi connectivity index (χ1n) is 8.99. The van der Waals surface area contributed by atoms with Crippen LogP contribution in [0.25, 0.3) is 0 Å². The Labute approximate surface area is 169 Å². The Bertz CT molecular complexity index is 874. The lowest BCUT2D eigenvalue weighted by Gasteiger charge is -2.49. The number of likely N-dealkylation sites (N-methyl/N-ethyl adjacent to an activating group) is 1. The molecule has 2 N–H and O–H groups in total. The second kappa shape index (κ2) is 8.08. The Morgan fingerprint density at radius 3 is 2.29 bits per heavy atom. The van der Waals surface area contributed by atoms with Crippen LogP contribution < -0.4 is 5.32 Å². The zero-order valence-corrected chi connectivity index (χ0v) is 16.5. The highest BCUT2D eigenvalue weighted by Gasteiger charge is 2.59. The second-order valence-electron chi connectivity index (χ2n) is 6.55. The summed E-state index contributed by atoms with van der Waals surface area (Å²) in [7, 11) is 1.47. The molecule has 0 bridgehead atoms. The summed E-state index contributed by atoms with van der Waals surface area (Å²) in [6.07, 6.45) is 0. The van der Waals surface area contributed by atoms with Gasteiger partial charge in [-0.1, -0.05) is 60.7 Å². The number of thiocarbonyl (C=S) groups is 1. The summed E-state index contributed by atoms with van der Waals surface area (Å²) in [6.45, 7) is 1.71. The number of hydrogen-bond acceptors (Lipinski definition) is 5. The largest absolute Gasteiger partial charge is 0.462 e. The van der Waals surface area contributed by atoms with Crippen LogP contribution in [0.5, 0.6) is 0 Å². The fourth-order valence-corrected chi connectivity index (χ4v) is 3.73. The van der Waals surface area contributed by atoms with Gasteiger partial charge in [0.1, 0.15) is 5.92 Å². The third-order valence-electron chi connectivity index (χ3n) is 4.94. The molecular formula is C21H22N2O4S. The van der Waals surface area contributed by atoms with Crippen molar-refractivity contribution in [1.29, 1.82) is 0 Å². The Kier molecular flexibility index (Phi) is 5.76. The number of ketones is 1. The van der Waals surface area contributed by atoms with E-state index in [1.54, 1.807) is 37.3 Å². The number of rotatable bonds is 5. The van der Waals surface area contributed by atoms with E-state index < -0.39 is 23.7 Å². The fourth-order valence-electron chi connectivity index (χ4n) is 3.46. The van der Waals surface area contributed by atoms with Crippen molar-refractivity contribution in [2.75, 3.05) is 13.7 Å². The molecule has 28 heavy (non-hydrogen) atoms. The molecule has 2 aromatic carbocycles. The minimum absolute atomic E-state index is 0.0669. The summed E-state index contributed by atoms with van der Waals surface area (Å²) < 4.78 is 5.13. The average molecular weight is 398 g/mol. The van der Waals surface area contributed by atoms with Gasteiger partial charge in [0.15, 0.2) is 10.9 Å². The predicted molar refractivity (Wildman–Crippen MR) is 109 cm³/mol. The van der Waals surface area contributed by atoms with Gasteiger partial charge in [0.2, 0.25) is 0 Å². The zero-order valence-electron chi connectivity index (χ0n) is 15.7. The smallest absolute Gasteiger partial charge is 0.360 e. The summed E-state index contributed by atoms with van der Waals surface area (Å²) in [6, 6.07) is 17.0. The fraction of sp³-hybridized carbons (Fsp3) is 0.286. The maximum atomic E-state index is 13.5. The number of nitrogens with one attached hydrogen (secondary N) is 1. The maximum absolute atomic E-state index is 13.5. The van der Waals surface area contributed by atoms with E-state index in [9.17, 15) is 14.7 Å². The van der Waals surface area contributed by atoms with E-state index in [-0.39, 0.29) is 17.5 Å². The van der Waals surface area contributed by atoms with Gasteiger partial charge in [-0.05, 0) is 24.7 Å². The van der Waals surface area contributed by atoms with Crippen molar-refractivity contribution in [2.45, 2.75) is 18.7 Å². The van der Waals surface area contributed by atoms with Crippen LogP contribution in [0.15, 0.2) is 60.7 Å². The van der Waals surface area contributed by atoms with Gasteiger partial charge in [-0.25, -0.2) is 4.79 Å². The highest BCUT2D eigenvalue weighted by Crippen LogP contribution is 2.40. The molecule has 1 saturated heterocycles. The SMILES string of the molecule is CCOC(=O)[C@]1(O)[C@@H](C(=O)c2ccccc2)[C@@H](c2ccccc2)NC(=S)N1C. The van der Waals surface area contributed by atoms with E-state index >= 15 is 0 Å². The van der Waals surface area contributed by atoms with Crippen LogP contribution in [0.2, 0.25) is 0 Å². The van der Waals surface area contributed by atoms with Gasteiger partial charge in [-0.3, -0.25) is 4.79 Å². The first-order chi connectivity index (χ1) is 13.4. The Hall–Kier alpha value is -2.77. The molecular weight excluding hydrogens is 376 g/mol. The van der Waals surface area contributed by atoms with Crippen LogP contribution in [-0.4, -0.2) is 46.3 Å². The van der Waals surface area contributed by atoms with Gasteiger partial charge in [-0.15, -0.1) is 0 Å². The molecule has 1 heterocycles. The van der Waals surface area contributed by atoms with Gasteiger partial charge >= 0.3 is 5.97 Å². The van der Waals surface area contributed by atoms with E-state index in [2.05, 4.69) is 5.32 Å². The van der Waals surface area contributed by atoms with Crippen LogP contribution in [0.3, 0.4) is 0 Å². The van der Waals surface area contributed by atoms with Crippen molar-refractivity contribution < 1.29 is 19.4 Å². The summed E-state index contributed by atoms with van der Waals surface area (Å²) in [5, 5.41) is 14.8. The number of aliphatic hydroxyl groups is 1. The normalized spacial score (nSPS) is 24.4. The molecule has 1 aliphatic heterocycles. The average Bonchev–Trinajstić information content (AvgIpc) is 2.72. The molecule has 3 rings (SSSR count). The van der Waals surface area contributed by atoms with E-state index in [4.69, 9.17) is 17.0 Å². The van der Waals surface area contributed by atoms with E-state index in [0.717, 1.165) is 5.56 Å². The molecule has 1 fully saturated rings. The molecule has 7 heteroatoms. The van der Waals surface area contributed by atoms with Crippen LogP contribution in [0.1, 0.15) is 28.9 Å². The molecule has 0 aliphatic carbocycles. The molecule has 0 radical (unpaired) electrons. The van der Waals surface area contributed by atoms with Gasteiger partial charge in [-0.2, -0.15) is 0 Å². The monoisotopic (exact) mass is 398 g/mol. The van der Waals surface area contributed by atoms with Crippen LogP contribution in [0, 0.1) is 5.92 Å². The molecule has 0 aromatic heterocycles. The summed E-state index contributed by atoms with van der Waals surface area (Å²) in [5.41, 5.74) is -1.12. The molecule has 1 aliphatic rings. The lowest BCUT2D eigenvalue weighted by molar-refractivity contribution is -0.191. The first kappa shape index (κ1) is 20.0. The lowest BCUT2D eigenvalue weighted by atomic mass is 9.77. The van der Waals surface area contributed by atoms with Crippen LogP contribution >= 0.6 is 12.2 Å². The molecule has 0 amide bonds. The van der Waals surface area contributed by atoms with E-state index in [0.29, 0.717) is 5.56 Å². The number of ether oxygens (including phenoxy) is 1. The van der Waals surface area contributed by atoms with Crippen molar-refractivity contribution in [2.24, 2.45) is 5.92 Å². The zero-order chi connectivity index (χ0) is 20.3. The molecule has 146 valence electrons. The Balaban J connectivity index is 2.17. The summed E-state index contributed by atoms with van der Waals surface area (Å²) >= 11 is 5.35. The summed E-state index contributed by atoms with van der Waals surface area (Å²) in [4.78, 5) is 27.5. The minimum Gasteiger partial charge on any atom is -0.462 e. The molecule has 6 nitrogen and oxygen atoms in total. The molecule has 0 unspecified atom stereocenters. The first-order valence-corrected chi connectivity index (χ1v) is 9.40. The molecule has 0 spiro atoms. The second-order valence-corrected chi connectivity index (χ2v) is 6.94. The number of esters is 1. The summed E-state index contributed by atoms with van der Waals surface area (Å²) in [5.74, 6) is -2.46. The van der Waals surface area contributed by atoms with Gasteiger partial charge in [0.25, 0.3) is 5.72 Å². The molecule has 0 saturated carbocycles. The number of Topliss-reactive ketones (excluding diaryl/α,β-unsaturated/α-hetero) is 1. The van der Waals surface area contributed by atoms with Crippen molar-refractivity contribution >= 4 is 29.1 Å². The van der Waals surface area contributed by atoms with Crippen molar-refractivity contribution in [3.05, 3.63) is 71.8 Å². The Morgan fingerprint density at radius 1 is 1.14 bits per heavy atom. The van der Waals surface area contributed by atoms with E-state index in [1.807, 2.05) is 30.3 Å². The van der Waals surface area contributed by atoms with Crippen LogP contribution in [0.4, 0.5) is 0 Å². The number of carbonyl (C=O) groups excluding carboxylic acids is 2. The number of carbonyl (C=O) groups is 2. The molecule has 2 aromatic rings. The minimum atomic E-state index is -2.24. The van der Waals surface area contributed by atoms with Crippen molar-refractivity contribution in [1.82, 2.24) is 10.2 Å². The van der Waals surface area contributed by atoms with Crippen molar-refractivity contribution in [3.8, 4) is 0 Å². The quantitative estimate of drug-likeness (QED) is 0.455. The lowest BCUT2D eigenvalue weighted by Crippen LogP contribution is -2.70. The van der Waals surface area contributed by atoms with Gasteiger partial charge in [0, 0.05) is 12.6 Å². The molecule has 3 atom stereocenters. The van der Waals surface area contributed by atoms with E-state index in [1.165, 1.54) is 11.9 Å². The standard InChI is InChI=1S/C21H22N2O4S/c1-3-27-19(25)21(26)16(18(24)15-12-8-5-9-13-15)17(22-20(28)23(21)2)14-10-6-4-7-11-14/h4-13,16-17,26H,3H2,1-2H3,(H,22,28)/t16-,17-,21-/m1/s1. The topological polar surface area (TPSA) is 78.9 Å². The highest BCUT2D eigenvalue weighted by atomic mass is 32.1. The predicted octanol–water partition coefficient (Wildman–Crippen LogP) is 2.30. The Morgan fingerprint density at radius 2 is 1.71 bits per heavy atom.